The van der Waals surface area contributed by atoms with Crippen molar-refractivity contribution in [1.29, 1.82) is 0 Å². The zero-order chi connectivity index (χ0) is 5.40. The largest absolute Gasteiger partial charge is 0.300 e. The Morgan fingerprint density at radius 3 is 2.38 bits per heavy atom. The van der Waals surface area contributed by atoms with Gasteiger partial charge < -0.3 is 4.90 Å². The van der Waals surface area contributed by atoms with Crippen molar-refractivity contribution < 1.29 is 0 Å². The number of nitrogens with zero attached hydrogens (tertiary/aromatic N) is 1. The molecule has 0 N–H and O–H groups in total. The molecule has 2 rings (SSSR count). The van der Waals surface area contributed by atoms with Crippen molar-refractivity contribution in [3.63, 3.8) is 0 Å². The minimum Gasteiger partial charge on any atom is -0.300 e. The zero-order valence-corrected chi connectivity index (χ0v) is 5.14. The summed E-state index contributed by atoms with van der Waals surface area (Å²) in [5.74, 6) is 0. The van der Waals surface area contributed by atoms with E-state index in [1.54, 1.807) is 0 Å². The lowest BCUT2D eigenvalue weighted by Gasteiger charge is -2.10. The fourth-order valence-electron chi connectivity index (χ4n) is 1.43. The summed E-state index contributed by atoms with van der Waals surface area (Å²) in [5.41, 5.74) is 0. The smallest absolute Gasteiger partial charge is 0.0131 e. The summed E-state index contributed by atoms with van der Waals surface area (Å²) < 4.78 is 0. The van der Waals surface area contributed by atoms with Crippen LogP contribution in [0.2, 0.25) is 0 Å². The molecule has 8 heavy (non-hydrogen) atoms. The van der Waals surface area contributed by atoms with E-state index < -0.39 is 0 Å². The highest BCUT2D eigenvalue weighted by molar-refractivity contribution is 5.04. The molecule has 45 valence electrons. The lowest BCUT2D eigenvalue weighted by molar-refractivity contribution is 0.337. The average molecular weight is 110 g/mol. The van der Waals surface area contributed by atoms with Crippen LogP contribution in [0.4, 0.5) is 0 Å². The van der Waals surface area contributed by atoms with Gasteiger partial charge in [0.15, 0.2) is 0 Å². The molecule has 1 saturated heterocycles. The summed E-state index contributed by atoms with van der Waals surface area (Å²) in [6.45, 7) is 2.72. The van der Waals surface area contributed by atoms with E-state index in [0.717, 1.165) is 6.04 Å². The summed E-state index contributed by atoms with van der Waals surface area (Å²) >= 11 is 0. The van der Waals surface area contributed by atoms with Gasteiger partial charge in [-0.15, -0.1) is 0 Å². The van der Waals surface area contributed by atoms with Crippen LogP contribution in [0.3, 0.4) is 0 Å². The van der Waals surface area contributed by atoms with Crippen LogP contribution >= 0.6 is 0 Å². The number of likely N-dealkylation sites (tertiary alicyclic amines) is 1. The van der Waals surface area contributed by atoms with E-state index in [1.807, 2.05) is 0 Å². The van der Waals surface area contributed by atoms with Crippen LogP contribution in [0.1, 0.15) is 19.3 Å². The summed E-state index contributed by atoms with van der Waals surface area (Å²) in [7, 11) is 0. The van der Waals surface area contributed by atoms with Crippen LogP contribution in [0.15, 0.2) is 0 Å². The van der Waals surface area contributed by atoms with Gasteiger partial charge >= 0.3 is 0 Å². The van der Waals surface area contributed by atoms with Gasteiger partial charge in [-0.25, -0.2) is 0 Å². The Labute approximate surface area is 50.7 Å². The standard InChI is InChI=1S/C7H12N/c1-2-6-8(5-1)7-3-4-7/h3,7H,1-2,4-6H2. The first-order valence-corrected chi connectivity index (χ1v) is 3.54. The van der Waals surface area contributed by atoms with Crippen LogP contribution in [0.5, 0.6) is 0 Å². The molecule has 1 heterocycles. The molecule has 1 atom stereocenters. The van der Waals surface area contributed by atoms with Crippen LogP contribution in [-0.2, 0) is 0 Å². The van der Waals surface area contributed by atoms with Gasteiger partial charge in [0.1, 0.15) is 0 Å². The second kappa shape index (κ2) is 1.73. The van der Waals surface area contributed by atoms with Gasteiger partial charge in [0.05, 0.1) is 0 Å². The Morgan fingerprint density at radius 1 is 1.25 bits per heavy atom. The first-order valence-electron chi connectivity index (χ1n) is 3.54. The third-order valence-corrected chi connectivity index (χ3v) is 2.06. The summed E-state index contributed by atoms with van der Waals surface area (Å²) in [5, 5.41) is 0. The third kappa shape index (κ3) is 0.752. The topological polar surface area (TPSA) is 3.24 Å². The van der Waals surface area contributed by atoms with Gasteiger partial charge in [-0.3, -0.25) is 0 Å². The molecular weight excluding hydrogens is 98.1 g/mol. The van der Waals surface area contributed by atoms with Crippen molar-refractivity contribution >= 4 is 0 Å². The van der Waals surface area contributed by atoms with Crippen molar-refractivity contribution in [3.05, 3.63) is 6.42 Å². The van der Waals surface area contributed by atoms with Gasteiger partial charge in [-0.1, -0.05) is 0 Å². The van der Waals surface area contributed by atoms with E-state index in [4.69, 9.17) is 0 Å². The SMILES string of the molecule is [CH]1CC1N1CCCC1. The zero-order valence-electron chi connectivity index (χ0n) is 5.14. The molecule has 1 nitrogen and oxygen atoms in total. The van der Waals surface area contributed by atoms with Crippen molar-refractivity contribution in [2.75, 3.05) is 13.1 Å². The average Bonchev–Trinajstić information content (AvgIpc) is 2.49. The van der Waals surface area contributed by atoms with Gasteiger partial charge in [0.25, 0.3) is 0 Å². The molecule has 1 radical (unpaired) electrons. The van der Waals surface area contributed by atoms with Gasteiger partial charge in [0.2, 0.25) is 0 Å². The second-order valence-electron chi connectivity index (χ2n) is 2.78. The Kier molecular flexibility index (Phi) is 1.04. The van der Waals surface area contributed by atoms with E-state index in [1.165, 1.54) is 32.4 Å². The Hall–Kier alpha value is -0.0400. The predicted molar refractivity (Wildman–Crippen MR) is 33.5 cm³/mol. The van der Waals surface area contributed by atoms with Crippen molar-refractivity contribution in [2.24, 2.45) is 0 Å². The first-order chi connectivity index (χ1) is 3.97. The van der Waals surface area contributed by atoms with E-state index in [2.05, 4.69) is 11.3 Å². The molecule has 1 aliphatic heterocycles. The molecular formula is C7H12N. The van der Waals surface area contributed by atoms with Crippen molar-refractivity contribution in [3.8, 4) is 0 Å². The molecule has 0 aromatic heterocycles. The maximum absolute atomic E-state index is 2.58. The fraction of sp³-hybridized carbons (Fsp3) is 0.857. The maximum Gasteiger partial charge on any atom is 0.0131 e. The molecule has 0 aromatic carbocycles. The minimum absolute atomic E-state index is 0.900. The Bertz CT molecular complexity index is 80.4. The summed E-state index contributed by atoms with van der Waals surface area (Å²) in [4.78, 5) is 2.58. The van der Waals surface area contributed by atoms with Crippen LogP contribution in [0.25, 0.3) is 0 Å². The van der Waals surface area contributed by atoms with Crippen molar-refractivity contribution in [2.45, 2.75) is 25.3 Å². The van der Waals surface area contributed by atoms with E-state index >= 15 is 0 Å². The van der Waals surface area contributed by atoms with Gasteiger partial charge in [0, 0.05) is 6.04 Å². The fourth-order valence-corrected chi connectivity index (χ4v) is 1.43. The quantitative estimate of drug-likeness (QED) is 0.488. The van der Waals surface area contributed by atoms with Gasteiger partial charge in [-0.05, 0) is 38.8 Å². The highest BCUT2D eigenvalue weighted by Gasteiger charge is 2.30. The Morgan fingerprint density at radius 2 is 1.88 bits per heavy atom. The predicted octanol–water partition coefficient (Wildman–Crippen LogP) is 1.06. The second-order valence-corrected chi connectivity index (χ2v) is 2.78. The Balaban J connectivity index is 1.86. The highest BCUT2D eigenvalue weighted by Crippen LogP contribution is 2.28. The monoisotopic (exact) mass is 110 g/mol. The number of hydrogen-bond donors (Lipinski definition) is 0. The van der Waals surface area contributed by atoms with Gasteiger partial charge in [-0.2, -0.15) is 0 Å². The number of hydrogen-bond acceptors (Lipinski definition) is 1. The molecule has 2 fully saturated rings. The lowest BCUT2D eigenvalue weighted by Crippen LogP contribution is -2.21. The van der Waals surface area contributed by atoms with Crippen LogP contribution < -0.4 is 0 Å². The first kappa shape index (κ1) is 4.80. The molecule has 1 saturated carbocycles. The molecule has 1 aliphatic carbocycles. The number of rotatable bonds is 1. The third-order valence-electron chi connectivity index (χ3n) is 2.06. The van der Waals surface area contributed by atoms with E-state index in [0.29, 0.717) is 0 Å². The minimum atomic E-state index is 0.900. The highest BCUT2D eigenvalue weighted by atomic mass is 15.2. The molecule has 0 spiro atoms. The summed E-state index contributed by atoms with van der Waals surface area (Å²) in [6.07, 6.45) is 6.62. The van der Waals surface area contributed by atoms with Crippen LogP contribution in [-0.4, -0.2) is 24.0 Å². The molecule has 0 aromatic rings. The molecule has 1 heteroatoms. The lowest BCUT2D eigenvalue weighted by atomic mass is 10.4. The summed E-state index contributed by atoms with van der Waals surface area (Å²) in [6, 6.07) is 0.900. The van der Waals surface area contributed by atoms with Crippen molar-refractivity contribution in [1.82, 2.24) is 4.90 Å². The normalized spacial score (nSPS) is 31.5. The van der Waals surface area contributed by atoms with E-state index in [-0.39, 0.29) is 0 Å². The maximum atomic E-state index is 2.58. The van der Waals surface area contributed by atoms with E-state index in [9.17, 15) is 0 Å². The molecule has 1 unspecified atom stereocenters. The molecule has 0 amide bonds. The molecule has 0 bridgehead atoms. The van der Waals surface area contributed by atoms with Crippen LogP contribution in [0, 0.1) is 6.42 Å². The molecule has 2 aliphatic rings.